The summed E-state index contributed by atoms with van der Waals surface area (Å²) < 4.78 is 19.0. The van der Waals surface area contributed by atoms with Crippen LogP contribution in [0.5, 0.6) is 0 Å². The van der Waals surface area contributed by atoms with Crippen molar-refractivity contribution in [1.29, 1.82) is 0 Å². The van der Waals surface area contributed by atoms with Crippen molar-refractivity contribution in [2.45, 2.75) is 38.5 Å². The number of carbonyl (C=O) groups is 1. The van der Waals surface area contributed by atoms with Gasteiger partial charge in [0.2, 0.25) is 0 Å². The molecule has 0 aromatic heterocycles. The second kappa shape index (κ2) is 6.75. The van der Waals surface area contributed by atoms with Crippen LogP contribution in [0.4, 0.5) is 4.39 Å². The molecule has 2 fully saturated rings. The minimum absolute atomic E-state index is 0.0234. The van der Waals surface area contributed by atoms with Crippen molar-refractivity contribution in [2.75, 3.05) is 26.2 Å². The van der Waals surface area contributed by atoms with E-state index in [0.29, 0.717) is 6.54 Å². The molecule has 2 aliphatic heterocycles. The van der Waals surface area contributed by atoms with E-state index in [1.165, 1.54) is 6.07 Å². The summed E-state index contributed by atoms with van der Waals surface area (Å²) in [6, 6.07) is 6.85. The van der Waals surface area contributed by atoms with E-state index in [1.54, 1.807) is 6.07 Å². The SMILES string of the molecule is CC1CC(N2CCCN(Cc3ccccc3F)CC2)C(=O)O1. The first-order chi connectivity index (χ1) is 10.6. The van der Waals surface area contributed by atoms with Crippen molar-refractivity contribution in [3.05, 3.63) is 35.6 Å². The van der Waals surface area contributed by atoms with Crippen LogP contribution in [0.3, 0.4) is 0 Å². The molecule has 5 heteroatoms. The van der Waals surface area contributed by atoms with Crippen molar-refractivity contribution in [3.63, 3.8) is 0 Å². The van der Waals surface area contributed by atoms with Crippen LogP contribution in [0.1, 0.15) is 25.3 Å². The van der Waals surface area contributed by atoms with Crippen LogP contribution in [-0.4, -0.2) is 54.1 Å². The van der Waals surface area contributed by atoms with E-state index >= 15 is 0 Å². The fourth-order valence-corrected chi connectivity index (χ4v) is 3.36. The lowest BCUT2D eigenvalue weighted by Crippen LogP contribution is -2.41. The average Bonchev–Trinajstić information content (AvgIpc) is 2.70. The monoisotopic (exact) mass is 306 g/mol. The number of carbonyl (C=O) groups excluding carboxylic acids is 1. The maximum atomic E-state index is 13.8. The minimum Gasteiger partial charge on any atom is -0.461 e. The first-order valence-corrected chi connectivity index (χ1v) is 8.04. The van der Waals surface area contributed by atoms with E-state index in [9.17, 15) is 9.18 Å². The summed E-state index contributed by atoms with van der Waals surface area (Å²) >= 11 is 0. The van der Waals surface area contributed by atoms with E-state index in [1.807, 2.05) is 19.1 Å². The number of benzene rings is 1. The Hall–Kier alpha value is -1.46. The Morgan fingerprint density at radius 1 is 1.23 bits per heavy atom. The van der Waals surface area contributed by atoms with Crippen molar-refractivity contribution in [1.82, 2.24) is 9.80 Å². The molecule has 2 atom stereocenters. The maximum Gasteiger partial charge on any atom is 0.323 e. The maximum absolute atomic E-state index is 13.8. The molecule has 0 saturated carbocycles. The second-order valence-electron chi connectivity index (χ2n) is 6.26. The quantitative estimate of drug-likeness (QED) is 0.800. The highest BCUT2D eigenvalue weighted by molar-refractivity contribution is 5.78. The van der Waals surface area contributed by atoms with Crippen LogP contribution in [0, 0.1) is 5.82 Å². The normalized spacial score (nSPS) is 27.6. The molecule has 1 aromatic carbocycles. The zero-order chi connectivity index (χ0) is 15.5. The molecule has 22 heavy (non-hydrogen) atoms. The molecule has 2 unspecified atom stereocenters. The molecule has 0 spiro atoms. The third-order valence-corrected chi connectivity index (χ3v) is 4.56. The first-order valence-electron chi connectivity index (χ1n) is 8.04. The number of rotatable bonds is 3. The highest BCUT2D eigenvalue weighted by Gasteiger charge is 2.36. The highest BCUT2D eigenvalue weighted by Crippen LogP contribution is 2.21. The van der Waals surface area contributed by atoms with Gasteiger partial charge in [-0.1, -0.05) is 18.2 Å². The molecular weight excluding hydrogens is 283 g/mol. The van der Waals surface area contributed by atoms with Gasteiger partial charge in [0, 0.05) is 38.2 Å². The number of halogens is 1. The number of ether oxygens (including phenoxy) is 1. The molecule has 3 rings (SSSR count). The molecule has 0 N–H and O–H groups in total. The Morgan fingerprint density at radius 3 is 2.77 bits per heavy atom. The standard InChI is InChI=1S/C17H23FN2O2/c1-13-11-16(17(21)22-13)20-8-4-7-19(9-10-20)12-14-5-2-3-6-15(14)18/h2-3,5-6,13,16H,4,7-12H2,1H3. The van der Waals surface area contributed by atoms with Crippen molar-refractivity contribution in [3.8, 4) is 0 Å². The van der Waals surface area contributed by atoms with Gasteiger partial charge in [-0.15, -0.1) is 0 Å². The van der Waals surface area contributed by atoms with E-state index < -0.39 is 0 Å². The molecule has 1 aromatic rings. The zero-order valence-corrected chi connectivity index (χ0v) is 13.0. The lowest BCUT2D eigenvalue weighted by molar-refractivity contribution is -0.144. The molecular formula is C17H23FN2O2. The third kappa shape index (κ3) is 3.47. The van der Waals surface area contributed by atoms with Crippen LogP contribution < -0.4 is 0 Å². The number of hydrogen-bond acceptors (Lipinski definition) is 4. The predicted molar refractivity (Wildman–Crippen MR) is 81.8 cm³/mol. The topological polar surface area (TPSA) is 32.8 Å². The van der Waals surface area contributed by atoms with Gasteiger partial charge in [0.1, 0.15) is 18.0 Å². The third-order valence-electron chi connectivity index (χ3n) is 4.56. The lowest BCUT2D eigenvalue weighted by atomic mass is 10.1. The van der Waals surface area contributed by atoms with Crippen LogP contribution in [0.2, 0.25) is 0 Å². The van der Waals surface area contributed by atoms with Gasteiger partial charge in [0.05, 0.1) is 0 Å². The summed E-state index contributed by atoms with van der Waals surface area (Å²) in [6.45, 7) is 6.10. The second-order valence-corrected chi connectivity index (χ2v) is 6.26. The Balaban J connectivity index is 1.58. The van der Waals surface area contributed by atoms with Crippen molar-refractivity contribution < 1.29 is 13.9 Å². The van der Waals surface area contributed by atoms with Gasteiger partial charge >= 0.3 is 5.97 Å². The highest BCUT2D eigenvalue weighted by atomic mass is 19.1. The number of esters is 1. The molecule has 120 valence electrons. The van der Waals surface area contributed by atoms with Crippen molar-refractivity contribution >= 4 is 5.97 Å². The van der Waals surface area contributed by atoms with Gasteiger partial charge in [-0.3, -0.25) is 14.6 Å². The van der Waals surface area contributed by atoms with Crippen LogP contribution in [0.25, 0.3) is 0 Å². The Morgan fingerprint density at radius 2 is 2.05 bits per heavy atom. The summed E-state index contributed by atoms with van der Waals surface area (Å²) in [7, 11) is 0. The summed E-state index contributed by atoms with van der Waals surface area (Å²) in [5.74, 6) is -0.230. The molecule has 0 aliphatic carbocycles. The number of nitrogens with zero attached hydrogens (tertiary/aromatic N) is 2. The summed E-state index contributed by atoms with van der Waals surface area (Å²) in [4.78, 5) is 16.4. The van der Waals surface area contributed by atoms with Gasteiger partial charge in [0.25, 0.3) is 0 Å². The van der Waals surface area contributed by atoms with E-state index in [0.717, 1.165) is 44.6 Å². The predicted octanol–water partition coefficient (Wildman–Crippen LogP) is 2.04. The van der Waals surface area contributed by atoms with Gasteiger partial charge < -0.3 is 4.74 Å². The van der Waals surface area contributed by atoms with Gasteiger partial charge in [0.15, 0.2) is 0 Å². The van der Waals surface area contributed by atoms with E-state index in [-0.39, 0.29) is 23.9 Å². The Kier molecular flexibility index (Phi) is 4.74. The number of hydrogen-bond donors (Lipinski definition) is 0. The molecule has 0 bridgehead atoms. The Bertz CT molecular complexity index is 537. The summed E-state index contributed by atoms with van der Waals surface area (Å²) in [5, 5.41) is 0. The summed E-state index contributed by atoms with van der Waals surface area (Å²) in [5.41, 5.74) is 0.741. The molecule has 2 saturated heterocycles. The molecule has 0 radical (unpaired) electrons. The largest absolute Gasteiger partial charge is 0.461 e. The van der Waals surface area contributed by atoms with Crippen LogP contribution in [-0.2, 0) is 16.1 Å². The van der Waals surface area contributed by atoms with E-state index in [2.05, 4.69) is 9.80 Å². The van der Waals surface area contributed by atoms with Crippen LogP contribution >= 0.6 is 0 Å². The molecule has 2 aliphatic rings. The van der Waals surface area contributed by atoms with Crippen LogP contribution in [0.15, 0.2) is 24.3 Å². The molecule has 4 nitrogen and oxygen atoms in total. The average molecular weight is 306 g/mol. The number of cyclic esters (lactones) is 1. The smallest absolute Gasteiger partial charge is 0.323 e. The molecule has 0 amide bonds. The van der Waals surface area contributed by atoms with Crippen molar-refractivity contribution in [2.24, 2.45) is 0 Å². The fraction of sp³-hybridized carbons (Fsp3) is 0.588. The van der Waals surface area contributed by atoms with Gasteiger partial charge in [-0.2, -0.15) is 0 Å². The lowest BCUT2D eigenvalue weighted by Gasteiger charge is -2.24. The first kappa shape index (κ1) is 15.4. The zero-order valence-electron chi connectivity index (χ0n) is 13.0. The Labute approximate surface area is 130 Å². The van der Waals surface area contributed by atoms with Gasteiger partial charge in [-0.25, -0.2) is 4.39 Å². The molecule has 2 heterocycles. The summed E-state index contributed by atoms with van der Waals surface area (Å²) in [6.07, 6.45) is 1.80. The van der Waals surface area contributed by atoms with Gasteiger partial charge in [-0.05, 0) is 26.0 Å². The van der Waals surface area contributed by atoms with E-state index in [4.69, 9.17) is 4.74 Å². The fourth-order valence-electron chi connectivity index (χ4n) is 3.36. The minimum atomic E-state index is -0.142.